The molecule has 0 fully saturated rings. The second kappa shape index (κ2) is 10.8. The zero-order valence-electron chi connectivity index (χ0n) is 17.6. The highest BCUT2D eigenvalue weighted by Crippen LogP contribution is 2.23. The van der Waals surface area contributed by atoms with Crippen LogP contribution in [0.25, 0.3) is 0 Å². The van der Waals surface area contributed by atoms with Gasteiger partial charge in [0.25, 0.3) is 0 Å². The normalized spacial score (nSPS) is 11.7. The summed E-state index contributed by atoms with van der Waals surface area (Å²) in [5, 5.41) is 8.93. The van der Waals surface area contributed by atoms with Crippen LogP contribution < -0.4 is 4.74 Å². The van der Waals surface area contributed by atoms with E-state index in [2.05, 4.69) is 16.8 Å². The van der Waals surface area contributed by atoms with E-state index in [1.165, 1.54) is 17.8 Å². The van der Waals surface area contributed by atoms with E-state index in [1.54, 1.807) is 36.2 Å². The zero-order chi connectivity index (χ0) is 22.2. The molecule has 0 bridgehead atoms. The summed E-state index contributed by atoms with van der Waals surface area (Å²) in [5.41, 5.74) is 1.07. The summed E-state index contributed by atoms with van der Waals surface area (Å²) in [4.78, 5) is 14.4. The van der Waals surface area contributed by atoms with Gasteiger partial charge in [0.1, 0.15) is 6.61 Å². The Labute approximate surface area is 185 Å². The predicted molar refractivity (Wildman–Crippen MR) is 119 cm³/mol. The molecule has 162 valence electrons. The van der Waals surface area contributed by atoms with E-state index < -0.39 is 5.82 Å². The molecule has 1 amide bonds. The number of rotatable bonds is 10. The fraction of sp³-hybridized carbons (Fsp3) is 0.261. The van der Waals surface area contributed by atoms with Gasteiger partial charge in [-0.3, -0.25) is 9.36 Å². The van der Waals surface area contributed by atoms with Crippen LogP contribution in [0.1, 0.15) is 24.4 Å². The first-order valence-electron chi connectivity index (χ1n) is 9.85. The molecule has 1 unspecified atom stereocenters. The van der Waals surface area contributed by atoms with Crippen molar-refractivity contribution < 1.29 is 13.9 Å². The lowest BCUT2D eigenvalue weighted by molar-refractivity contribution is -0.128. The van der Waals surface area contributed by atoms with Crippen LogP contribution in [-0.4, -0.2) is 38.4 Å². The number of allylic oxidation sites excluding steroid dienone is 1. The number of aromatic nitrogens is 3. The minimum Gasteiger partial charge on any atom is -0.483 e. The quantitative estimate of drug-likeness (QED) is 0.343. The molecule has 0 aliphatic carbocycles. The summed E-state index contributed by atoms with van der Waals surface area (Å²) in [6, 6.07) is 16.0. The molecule has 0 saturated carbocycles. The topological polar surface area (TPSA) is 60.2 Å². The minimum atomic E-state index is -0.437. The highest BCUT2D eigenvalue weighted by molar-refractivity contribution is 7.99. The Bertz CT molecular complexity index is 1030. The summed E-state index contributed by atoms with van der Waals surface area (Å²) >= 11 is 1.30. The first kappa shape index (κ1) is 22.6. The van der Waals surface area contributed by atoms with Crippen molar-refractivity contribution in [2.75, 3.05) is 12.8 Å². The van der Waals surface area contributed by atoms with Crippen molar-refractivity contribution >= 4 is 17.7 Å². The van der Waals surface area contributed by atoms with Crippen LogP contribution in [0.15, 0.2) is 72.4 Å². The van der Waals surface area contributed by atoms with E-state index in [4.69, 9.17) is 4.74 Å². The Balaban J connectivity index is 1.64. The van der Waals surface area contributed by atoms with E-state index in [1.807, 2.05) is 41.8 Å². The first-order chi connectivity index (χ1) is 15.0. The highest BCUT2D eigenvalue weighted by Gasteiger charge is 2.20. The van der Waals surface area contributed by atoms with E-state index in [9.17, 15) is 9.18 Å². The number of nitrogens with zero attached hydrogens (tertiary/aromatic N) is 4. The summed E-state index contributed by atoms with van der Waals surface area (Å²) in [7, 11) is 1.79. The number of carbonyl (C=O) groups excluding carboxylic acids is 1. The van der Waals surface area contributed by atoms with Gasteiger partial charge in [-0.25, -0.2) is 4.39 Å². The molecule has 1 aromatic heterocycles. The summed E-state index contributed by atoms with van der Waals surface area (Å²) in [6.07, 6.45) is 1.71. The van der Waals surface area contributed by atoms with Crippen molar-refractivity contribution in [3.8, 4) is 5.75 Å². The average Bonchev–Trinajstić information content (AvgIpc) is 3.18. The number of hydrogen-bond donors (Lipinski definition) is 0. The fourth-order valence-electron chi connectivity index (χ4n) is 2.95. The van der Waals surface area contributed by atoms with Gasteiger partial charge in [-0.05, 0) is 24.6 Å². The Morgan fingerprint density at radius 3 is 2.65 bits per heavy atom. The van der Waals surface area contributed by atoms with Gasteiger partial charge < -0.3 is 9.64 Å². The molecule has 0 radical (unpaired) electrons. The van der Waals surface area contributed by atoms with Crippen molar-refractivity contribution in [1.82, 2.24) is 19.7 Å². The van der Waals surface area contributed by atoms with Crippen LogP contribution in [0, 0.1) is 5.82 Å². The first-order valence-corrected chi connectivity index (χ1v) is 10.8. The monoisotopic (exact) mass is 440 g/mol. The van der Waals surface area contributed by atoms with E-state index >= 15 is 0 Å². The maximum atomic E-state index is 13.8. The molecule has 0 N–H and O–H groups in total. The molecule has 6 nitrogen and oxygen atoms in total. The number of hydrogen-bond acceptors (Lipinski definition) is 5. The molecular formula is C23H25FN4O2S. The lowest BCUT2D eigenvalue weighted by Crippen LogP contribution is -2.31. The molecule has 0 aliphatic rings. The van der Waals surface area contributed by atoms with Crippen molar-refractivity contribution in [3.63, 3.8) is 0 Å². The van der Waals surface area contributed by atoms with Crippen molar-refractivity contribution in [3.05, 3.63) is 84.5 Å². The minimum absolute atomic E-state index is 0.0151. The number of benzene rings is 2. The molecule has 0 aliphatic heterocycles. The number of ether oxygens (including phenoxy) is 1. The van der Waals surface area contributed by atoms with Crippen LogP contribution in [-0.2, 0) is 17.9 Å². The van der Waals surface area contributed by atoms with E-state index in [-0.39, 0.29) is 30.1 Å². The summed E-state index contributed by atoms with van der Waals surface area (Å²) in [5.74, 6) is 0.448. The molecule has 1 heterocycles. The molecule has 31 heavy (non-hydrogen) atoms. The van der Waals surface area contributed by atoms with Crippen LogP contribution in [0.4, 0.5) is 4.39 Å². The molecule has 0 spiro atoms. The Hall–Kier alpha value is -3.13. The molecule has 3 rings (SSSR count). The highest BCUT2D eigenvalue weighted by atomic mass is 32.2. The molecule has 3 aromatic rings. The maximum absolute atomic E-state index is 13.8. The van der Waals surface area contributed by atoms with Gasteiger partial charge in [0.15, 0.2) is 22.5 Å². The molecular weight excluding hydrogens is 415 g/mol. The van der Waals surface area contributed by atoms with Gasteiger partial charge in [0, 0.05) is 13.6 Å². The van der Waals surface area contributed by atoms with Crippen molar-refractivity contribution in [2.24, 2.45) is 0 Å². The van der Waals surface area contributed by atoms with Crippen LogP contribution in [0.3, 0.4) is 0 Å². The summed E-state index contributed by atoms with van der Waals surface area (Å²) in [6.45, 7) is 6.28. The molecule has 0 saturated heterocycles. The fourth-order valence-corrected chi connectivity index (χ4v) is 3.84. The zero-order valence-corrected chi connectivity index (χ0v) is 18.4. The summed E-state index contributed by atoms with van der Waals surface area (Å²) < 4.78 is 21.2. The maximum Gasteiger partial charge on any atom is 0.233 e. The standard InChI is InChI=1S/C23H25FN4O2S/c1-4-14-28-21(15-30-20-13-9-8-12-19(20)24)25-26-23(28)31-16-22(29)27(3)17(2)18-10-6-5-7-11-18/h4-13,17H,1,14-16H2,2-3H3. The SMILES string of the molecule is C=CCn1c(COc2ccccc2F)nnc1SCC(=O)N(C)C(C)c1ccccc1. The van der Waals surface area contributed by atoms with Gasteiger partial charge in [-0.2, -0.15) is 0 Å². The van der Waals surface area contributed by atoms with Crippen molar-refractivity contribution in [1.29, 1.82) is 0 Å². The third kappa shape index (κ3) is 5.73. The van der Waals surface area contributed by atoms with E-state index in [0.29, 0.717) is 17.5 Å². The molecule has 8 heteroatoms. The third-order valence-electron chi connectivity index (χ3n) is 4.88. The van der Waals surface area contributed by atoms with Gasteiger partial charge in [0.2, 0.25) is 5.91 Å². The van der Waals surface area contributed by atoms with E-state index in [0.717, 1.165) is 5.56 Å². The van der Waals surface area contributed by atoms with Gasteiger partial charge >= 0.3 is 0 Å². The average molecular weight is 441 g/mol. The number of carbonyl (C=O) groups is 1. The predicted octanol–water partition coefficient (Wildman–Crippen LogP) is 4.49. The number of amides is 1. The van der Waals surface area contributed by atoms with Crippen LogP contribution >= 0.6 is 11.8 Å². The largest absolute Gasteiger partial charge is 0.483 e. The Kier molecular flexibility index (Phi) is 7.83. The number of thioether (sulfide) groups is 1. The number of para-hydroxylation sites is 1. The molecule has 1 atom stereocenters. The lowest BCUT2D eigenvalue weighted by Gasteiger charge is -2.25. The second-order valence-corrected chi connectivity index (χ2v) is 7.84. The third-order valence-corrected chi connectivity index (χ3v) is 5.83. The van der Waals surface area contributed by atoms with Crippen LogP contribution in [0.2, 0.25) is 0 Å². The Morgan fingerprint density at radius 2 is 1.94 bits per heavy atom. The number of halogens is 1. The molecule has 2 aromatic carbocycles. The second-order valence-electron chi connectivity index (χ2n) is 6.90. The smallest absolute Gasteiger partial charge is 0.233 e. The Morgan fingerprint density at radius 1 is 1.23 bits per heavy atom. The lowest BCUT2D eigenvalue weighted by atomic mass is 10.1. The van der Waals surface area contributed by atoms with Gasteiger partial charge in [-0.1, -0.05) is 60.3 Å². The van der Waals surface area contributed by atoms with Gasteiger partial charge in [-0.15, -0.1) is 16.8 Å². The van der Waals surface area contributed by atoms with Gasteiger partial charge in [0.05, 0.1) is 11.8 Å². The van der Waals surface area contributed by atoms with Crippen LogP contribution in [0.5, 0.6) is 5.75 Å². The van der Waals surface area contributed by atoms with Crippen molar-refractivity contribution in [2.45, 2.75) is 31.3 Å².